The van der Waals surface area contributed by atoms with Gasteiger partial charge in [-0.3, -0.25) is 4.79 Å². The Labute approximate surface area is 143 Å². The van der Waals surface area contributed by atoms with Crippen LogP contribution >= 0.6 is 0 Å². The summed E-state index contributed by atoms with van der Waals surface area (Å²) < 4.78 is 30.4. The van der Waals surface area contributed by atoms with Crippen LogP contribution in [0, 0.1) is 5.92 Å². The Morgan fingerprint density at radius 2 is 1.92 bits per heavy atom. The first-order valence-corrected chi connectivity index (χ1v) is 9.94. The summed E-state index contributed by atoms with van der Waals surface area (Å²) in [6.07, 6.45) is 0.0180. The van der Waals surface area contributed by atoms with Gasteiger partial charge in [0.1, 0.15) is 0 Å². The van der Waals surface area contributed by atoms with Crippen molar-refractivity contribution in [2.75, 3.05) is 45.6 Å². The van der Waals surface area contributed by atoms with Gasteiger partial charge in [-0.1, -0.05) is 18.2 Å². The average molecular weight is 352 g/mol. The van der Waals surface area contributed by atoms with E-state index in [1.54, 1.807) is 30.3 Å². The van der Waals surface area contributed by atoms with E-state index < -0.39 is 9.84 Å². The number of carbonyl (C=O) groups excluding carboxylic acids is 1. The van der Waals surface area contributed by atoms with E-state index in [0.717, 1.165) is 13.1 Å². The maximum Gasteiger partial charge on any atom is 0.223 e. The largest absolute Gasteiger partial charge is 0.379 e. The van der Waals surface area contributed by atoms with Gasteiger partial charge in [0, 0.05) is 32.0 Å². The molecule has 2 atom stereocenters. The summed E-state index contributed by atoms with van der Waals surface area (Å²) in [7, 11) is -1.37. The van der Waals surface area contributed by atoms with Crippen LogP contribution in [0.5, 0.6) is 0 Å². The van der Waals surface area contributed by atoms with Crippen molar-refractivity contribution in [1.29, 1.82) is 0 Å². The molecule has 1 amide bonds. The smallest absolute Gasteiger partial charge is 0.223 e. The third kappa shape index (κ3) is 3.96. The fraction of sp³-hybridized carbons (Fsp3) is 0.588. The lowest BCUT2D eigenvalue weighted by atomic mass is 10.1. The Morgan fingerprint density at radius 1 is 1.17 bits per heavy atom. The van der Waals surface area contributed by atoms with Crippen molar-refractivity contribution in [3.05, 3.63) is 30.3 Å². The monoisotopic (exact) mass is 352 g/mol. The minimum Gasteiger partial charge on any atom is -0.379 e. The zero-order valence-electron chi connectivity index (χ0n) is 13.9. The number of rotatable bonds is 4. The van der Waals surface area contributed by atoms with Crippen molar-refractivity contribution >= 4 is 15.7 Å². The number of likely N-dealkylation sites (N-methyl/N-ethyl adjacent to an activating group) is 1. The zero-order valence-corrected chi connectivity index (χ0v) is 14.7. The minimum atomic E-state index is -3.43. The van der Waals surface area contributed by atoms with Gasteiger partial charge in [0.15, 0.2) is 9.84 Å². The summed E-state index contributed by atoms with van der Waals surface area (Å²) >= 11 is 0. The Hall–Kier alpha value is -1.44. The molecule has 0 aromatic heterocycles. The van der Waals surface area contributed by atoms with Crippen LogP contribution in [0.25, 0.3) is 0 Å². The number of nitrogens with zero attached hydrogens (tertiary/aromatic N) is 2. The lowest BCUT2D eigenvalue weighted by Crippen LogP contribution is -2.46. The van der Waals surface area contributed by atoms with E-state index in [-0.39, 0.29) is 34.9 Å². The Morgan fingerprint density at radius 3 is 2.67 bits per heavy atom. The molecule has 0 aliphatic carbocycles. The van der Waals surface area contributed by atoms with Crippen molar-refractivity contribution in [2.24, 2.45) is 5.92 Å². The van der Waals surface area contributed by atoms with Crippen LogP contribution in [-0.4, -0.2) is 75.8 Å². The number of benzene rings is 1. The quantitative estimate of drug-likeness (QED) is 0.796. The first-order chi connectivity index (χ1) is 11.5. The third-order valence-corrected chi connectivity index (χ3v) is 6.39. The fourth-order valence-electron chi connectivity index (χ4n) is 3.49. The fourth-order valence-corrected chi connectivity index (χ4v) is 4.74. The molecule has 0 saturated carbocycles. The van der Waals surface area contributed by atoms with Crippen LogP contribution in [-0.2, 0) is 19.4 Å². The highest BCUT2D eigenvalue weighted by atomic mass is 32.2. The second-order valence-corrected chi connectivity index (χ2v) is 8.82. The highest BCUT2D eigenvalue weighted by Crippen LogP contribution is 2.20. The molecule has 1 aromatic rings. The van der Waals surface area contributed by atoms with Gasteiger partial charge in [-0.2, -0.15) is 0 Å². The van der Waals surface area contributed by atoms with Crippen molar-refractivity contribution in [3.8, 4) is 0 Å². The lowest BCUT2D eigenvalue weighted by Gasteiger charge is -2.29. The van der Waals surface area contributed by atoms with E-state index in [2.05, 4.69) is 11.9 Å². The SMILES string of the molecule is CN1C[C@@H]2COC[C@H](C1)N(C(=O)CCS(=O)(=O)c1ccccc1)C2. The van der Waals surface area contributed by atoms with Crippen molar-refractivity contribution in [1.82, 2.24) is 9.80 Å². The number of hydrogen-bond acceptors (Lipinski definition) is 5. The number of carbonyl (C=O) groups is 1. The van der Waals surface area contributed by atoms with Gasteiger partial charge in [0.05, 0.1) is 29.9 Å². The lowest BCUT2D eigenvalue weighted by molar-refractivity contribution is -0.133. The van der Waals surface area contributed by atoms with Gasteiger partial charge in [0.25, 0.3) is 0 Å². The predicted octanol–water partition coefficient (Wildman–Crippen LogP) is 0.639. The van der Waals surface area contributed by atoms with E-state index in [4.69, 9.17) is 4.74 Å². The van der Waals surface area contributed by atoms with Crippen LogP contribution in [0.3, 0.4) is 0 Å². The molecular formula is C17H24N2O4S. The molecular weight excluding hydrogens is 328 g/mol. The minimum absolute atomic E-state index is 0.00873. The molecule has 2 aliphatic rings. The molecule has 0 unspecified atom stereocenters. The maximum absolute atomic E-state index is 12.7. The van der Waals surface area contributed by atoms with Crippen LogP contribution < -0.4 is 0 Å². The average Bonchev–Trinajstić information content (AvgIpc) is 2.84. The Bertz CT molecular complexity index is 677. The number of amides is 1. The summed E-state index contributed by atoms with van der Waals surface area (Å²) in [5.41, 5.74) is 0. The number of fused-ring (bicyclic) bond motifs is 3. The summed E-state index contributed by atoms with van der Waals surface area (Å²) in [4.78, 5) is 17.0. The highest BCUT2D eigenvalue weighted by Gasteiger charge is 2.34. The summed E-state index contributed by atoms with van der Waals surface area (Å²) in [6, 6.07) is 8.32. The van der Waals surface area contributed by atoms with E-state index >= 15 is 0 Å². The first kappa shape index (κ1) is 17.4. The molecule has 6 nitrogen and oxygen atoms in total. The second kappa shape index (κ2) is 7.21. The molecule has 3 rings (SSSR count). The van der Waals surface area contributed by atoms with E-state index in [0.29, 0.717) is 19.8 Å². The number of hydrogen-bond donors (Lipinski definition) is 0. The van der Waals surface area contributed by atoms with Gasteiger partial charge in [-0.15, -0.1) is 0 Å². The topological polar surface area (TPSA) is 66.9 Å². The summed E-state index contributed by atoms with van der Waals surface area (Å²) in [5.74, 6) is 0.0444. The van der Waals surface area contributed by atoms with Crippen LogP contribution in [0.1, 0.15) is 6.42 Å². The molecule has 0 N–H and O–H groups in total. The molecule has 2 fully saturated rings. The zero-order chi connectivity index (χ0) is 17.2. The predicted molar refractivity (Wildman–Crippen MR) is 90.4 cm³/mol. The molecule has 2 heterocycles. The molecule has 2 aliphatic heterocycles. The van der Waals surface area contributed by atoms with E-state index in [1.165, 1.54) is 0 Å². The van der Waals surface area contributed by atoms with E-state index in [9.17, 15) is 13.2 Å². The van der Waals surface area contributed by atoms with Gasteiger partial charge in [-0.25, -0.2) is 8.42 Å². The normalized spacial score (nSPS) is 25.3. The van der Waals surface area contributed by atoms with Gasteiger partial charge in [-0.05, 0) is 19.2 Å². The first-order valence-electron chi connectivity index (χ1n) is 8.29. The van der Waals surface area contributed by atoms with Gasteiger partial charge < -0.3 is 14.5 Å². The molecule has 2 bridgehead atoms. The number of ether oxygens (including phenoxy) is 1. The third-order valence-electron chi connectivity index (χ3n) is 4.66. The second-order valence-electron chi connectivity index (χ2n) is 6.71. The summed E-state index contributed by atoms with van der Waals surface area (Å²) in [5, 5.41) is 0. The molecule has 2 saturated heterocycles. The highest BCUT2D eigenvalue weighted by molar-refractivity contribution is 7.91. The molecule has 132 valence electrons. The maximum atomic E-state index is 12.7. The molecule has 24 heavy (non-hydrogen) atoms. The van der Waals surface area contributed by atoms with Crippen molar-refractivity contribution in [3.63, 3.8) is 0 Å². The van der Waals surface area contributed by atoms with Crippen LogP contribution in [0.4, 0.5) is 0 Å². The van der Waals surface area contributed by atoms with Gasteiger partial charge >= 0.3 is 0 Å². The Kier molecular flexibility index (Phi) is 5.22. The van der Waals surface area contributed by atoms with Crippen LogP contribution in [0.2, 0.25) is 0 Å². The van der Waals surface area contributed by atoms with Gasteiger partial charge in [0.2, 0.25) is 5.91 Å². The van der Waals surface area contributed by atoms with Crippen molar-refractivity contribution in [2.45, 2.75) is 17.4 Å². The van der Waals surface area contributed by atoms with E-state index in [1.807, 2.05) is 4.90 Å². The number of sulfone groups is 1. The summed E-state index contributed by atoms with van der Waals surface area (Å²) in [6.45, 7) is 3.51. The standard InChI is InChI=1S/C17H24N2O4S/c1-18-9-14-10-19(15(11-18)13-23-12-14)17(20)7-8-24(21,22)16-5-3-2-4-6-16/h2-6,14-15H,7-13H2,1H3/t14-,15-/m0/s1. The Balaban J connectivity index is 1.66. The van der Waals surface area contributed by atoms with Crippen LogP contribution in [0.15, 0.2) is 35.2 Å². The molecule has 0 radical (unpaired) electrons. The molecule has 0 spiro atoms. The molecule has 7 heteroatoms. The van der Waals surface area contributed by atoms with Crippen molar-refractivity contribution < 1.29 is 17.9 Å². The molecule has 1 aromatic carbocycles.